The van der Waals surface area contributed by atoms with Crippen molar-refractivity contribution in [2.24, 2.45) is 5.10 Å². The van der Waals surface area contributed by atoms with Gasteiger partial charge in [0.2, 0.25) is 0 Å². The molecule has 0 saturated heterocycles. The van der Waals surface area contributed by atoms with E-state index >= 15 is 0 Å². The van der Waals surface area contributed by atoms with Gasteiger partial charge in [-0.25, -0.2) is 10.2 Å². The van der Waals surface area contributed by atoms with Gasteiger partial charge in [0, 0.05) is 12.2 Å². The van der Waals surface area contributed by atoms with Crippen LogP contribution < -0.4 is 5.43 Å². The standard InChI is InChI=1S/C14H18N2O4S/c1-2-20-13(17)8-9-21-12(15-16-14(18)19)10-11-6-4-3-5-7-11/h3-7,16H,2,8-10H2,1H3,(H,18,19)/b15-12-. The maximum Gasteiger partial charge on any atom is 0.425 e. The average Bonchev–Trinajstić information content (AvgIpc) is 2.46. The van der Waals surface area contributed by atoms with Crippen molar-refractivity contribution >= 4 is 28.9 Å². The van der Waals surface area contributed by atoms with Gasteiger partial charge in [-0.1, -0.05) is 30.3 Å². The Morgan fingerprint density at radius 1 is 1.33 bits per heavy atom. The van der Waals surface area contributed by atoms with Crippen LogP contribution in [0, 0.1) is 0 Å². The molecule has 0 aliphatic carbocycles. The van der Waals surface area contributed by atoms with E-state index in [1.165, 1.54) is 11.8 Å². The highest BCUT2D eigenvalue weighted by molar-refractivity contribution is 8.13. The van der Waals surface area contributed by atoms with Gasteiger partial charge in [0.15, 0.2) is 0 Å². The predicted molar refractivity (Wildman–Crippen MR) is 82.4 cm³/mol. The molecular formula is C14H18N2O4S. The Labute approximate surface area is 127 Å². The lowest BCUT2D eigenvalue weighted by molar-refractivity contribution is -0.142. The van der Waals surface area contributed by atoms with Crippen LogP contribution in [0.3, 0.4) is 0 Å². The summed E-state index contributed by atoms with van der Waals surface area (Å²) >= 11 is 1.34. The molecule has 0 unspecified atom stereocenters. The van der Waals surface area contributed by atoms with Crippen molar-refractivity contribution in [3.05, 3.63) is 35.9 Å². The number of carboxylic acid groups (broad SMARTS) is 1. The number of amides is 1. The topological polar surface area (TPSA) is 88.0 Å². The van der Waals surface area contributed by atoms with Gasteiger partial charge in [0.25, 0.3) is 0 Å². The highest BCUT2D eigenvalue weighted by atomic mass is 32.2. The third kappa shape index (κ3) is 7.98. The van der Waals surface area contributed by atoms with Crippen LogP contribution in [0.5, 0.6) is 0 Å². The third-order valence-electron chi connectivity index (χ3n) is 2.35. The molecule has 0 saturated carbocycles. The fourth-order valence-corrected chi connectivity index (χ4v) is 2.37. The van der Waals surface area contributed by atoms with Crippen LogP contribution in [0.25, 0.3) is 0 Å². The number of nitrogens with one attached hydrogen (secondary N) is 1. The number of thioether (sulfide) groups is 1. The summed E-state index contributed by atoms with van der Waals surface area (Å²) in [5, 5.41) is 13.1. The van der Waals surface area contributed by atoms with Crippen LogP contribution in [0.4, 0.5) is 4.79 Å². The number of hydrogen-bond acceptors (Lipinski definition) is 5. The van der Waals surface area contributed by atoms with Gasteiger partial charge in [-0.3, -0.25) is 4.79 Å². The highest BCUT2D eigenvalue weighted by Crippen LogP contribution is 2.12. The van der Waals surface area contributed by atoms with Crippen molar-refractivity contribution < 1.29 is 19.4 Å². The second kappa shape index (κ2) is 9.82. The lowest BCUT2D eigenvalue weighted by Gasteiger charge is -2.06. The summed E-state index contributed by atoms with van der Waals surface area (Å²) in [5.74, 6) is 0.224. The molecule has 21 heavy (non-hydrogen) atoms. The zero-order chi connectivity index (χ0) is 15.5. The largest absolute Gasteiger partial charge is 0.466 e. The highest BCUT2D eigenvalue weighted by Gasteiger charge is 2.07. The minimum absolute atomic E-state index is 0.263. The number of hydrogen-bond donors (Lipinski definition) is 2. The summed E-state index contributed by atoms with van der Waals surface area (Å²) in [6.07, 6.45) is -0.444. The molecule has 6 nitrogen and oxygen atoms in total. The molecule has 0 aromatic heterocycles. The van der Waals surface area contributed by atoms with Gasteiger partial charge in [-0.05, 0) is 12.5 Å². The summed E-state index contributed by atoms with van der Waals surface area (Å²) in [4.78, 5) is 21.8. The molecular weight excluding hydrogens is 292 g/mol. The van der Waals surface area contributed by atoms with Gasteiger partial charge >= 0.3 is 12.1 Å². The normalized spacial score (nSPS) is 11.0. The lowest BCUT2D eigenvalue weighted by atomic mass is 10.2. The van der Waals surface area contributed by atoms with E-state index in [1.807, 2.05) is 35.8 Å². The van der Waals surface area contributed by atoms with Gasteiger partial charge in [-0.2, -0.15) is 5.10 Å². The van der Waals surface area contributed by atoms with Gasteiger partial charge in [0.05, 0.1) is 18.1 Å². The molecule has 1 aromatic rings. The molecule has 0 heterocycles. The van der Waals surface area contributed by atoms with E-state index in [2.05, 4.69) is 5.10 Å². The van der Waals surface area contributed by atoms with E-state index < -0.39 is 6.09 Å². The van der Waals surface area contributed by atoms with Crippen molar-refractivity contribution in [2.45, 2.75) is 19.8 Å². The molecule has 0 aliphatic rings. The smallest absolute Gasteiger partial charge is 0.425 e. The van der Waals surface area contributed by atoms with Crippen LogP contribution in [-0.4, -0.2) is 34.6 Å². The number of hydrazone groups is 1. The second-order valence-corrected chi connectivity index (χ2v) is 5.16. The molecule has 1 aromatic carbocycles. The molecule has 1 amide bonds. The molecule has 7 heteroatoms. The molecule has 2 N–H and O–H groups in total. The summed E-state index contributed by atoms with van der Waals surface area (Å²) in [5.41, 5.74) is 3.02. The SMILES string of the molecule is CCOC(=O)CCS/C(Cc1ccccc1)=N\NC(=O)O. The van der Waals surface area contributed by atoms with E-state index in [-0.39, 0.29) is 12.4 Å². The number of esters is 1. The Hall–Kier alpha value is -2.02. The number of ether oxygens (including phenoxy) is 1. The van der Waals surface area contributed by atoms with Crippen molar-refractivity contribution in [1.29, 1.82) is 0 Å². The van der Waals surface area contributed by atoms with Crippen LogP contribution in [0.15, 0.2) is 35.4 Å². The Balaban J connectivity index is 2.54. The first-order valence-electron chi connectivity index (χ1n) is 6.49. The van der Waals surface area contributed by atoms with Crippen molar-refractivity contribution in [3.8, 4) is 0 Å². The van der Waals surface area contributed by atoms with Gasteiger partial charge < -0.3 is 9.84 Å². The zero-order valence-electron chi connectivity index (χ0n) is 11.7. The maximum atomic E-state index is 11.3. The monoisotopic (exact) mass is 310 g/mol. The molecule has 0 atom stereocenters. The van der Waals surface area contributed by atoms with Crippen LogP contribution in [0.2, 0.25) is 0 Å². The van der Waals surface area contributed by atoms with E-state index in [0.29, 0.717) is 23.8 Å². The molecule has 0 radical (unpaired) electrons. The number of carbonyl (C=O) groups excluding carboxylic acids is 1. The summed E-state index contributed by atoms with van der Waals surface area (Å²) < 4.78 is 4.84. The van der Waals surface area contributed by atoms with Crippen LogP contribution in [-0.2, 0) is 16.0 Å². The first-order valence-corrected chi connectivity index (χ1v) is 7.48. The summed E-state index contributed by atoms with van der Waals surface area (Å²) in [6.45, 7) is 2.11. The molecule has 0 bridgehead atoms. The lowest BCUT2D eigenvalue weighted by Crippen LogP contribution is -2.17. The minimum atomic E-state index is -1.22. The van der Waals surface area contributed by atoms with Gasteiger partial charge in [0.1, 0.15) is 0 Å². The Bertz CT molecular complexity index is 491. The first-order chi connectivity index (χ1) is 10.1. The summed E-state index contributed by atoms with van der Waals surface area (Å²) in [7, 11) is 0. The maximum absolute atomic E-state index is 11.3. The van der Waals surface area contributed by atoms with Crippen molar-refractivity contribution in [2.75, 3.05) is 12.4 Å². The molecule has 0 fully saturated rings. The van der Waals surface area contributed by atoms with E-state index in [9.17, 15) is 9.59 Å². The third-order valence-corrected chi connectivity index (χ3v) is 3.33. The van der Waals surface area contributed by atoms with Crippen molar-refractivity contribution in [1.82, 2.24) is 5.43 Å². The molecule has 114 valence electrons. The Morgan fingerprint density at radius 2 is 2.05 bits per heavy atom. The predicted octanol–water partition coefficient (Wildman–Crippen LogP) is 2.50. The zero-order valence-corrected chi connectivity index (χ0v) is 12.6. The van der Waals surface area contributed by atoms with E-state index in [0.717, 1.165) is 5.56 Å². The first kappa shape index (κ1) is 17.0. The van der Waals surface area contributed by atoms with Crippen molar-refractivity contribution in [3.63, 3.8) is 0 Å². The fourth-order valence-electron chi connectivity index (χ4n) is 1.49. The molecule has 0 spiro atoms. The Morgan fingerprint density at radius 3 is 2.67 bits per heavy atom. The van der Waals surface area contributed by atoms with Gasteiger partial charge in [-0.15, -0.1) is 11.8 Å². The minimum Gasteiger partial charge on any atom is -0.466 e. The quantitative estimate of drug-likeness (QED) is 0.350. The number of nitrogens with zero attached hydrogens (tertiary/aromatic N) is 1. The average molecular weight is 310 g/mol. The van der Waals surface area contributed by atoms with Crippen LogP contribution >= 0.6 is 11.8 Å². The Kier molecular flexibility index (Phi) is 7.96. The number of carbonyl (C=O) groups is 2. The van der Waals surface area contributed by atoms with Crippen LogP contribution in [0.1, 0.15) is 18.9 Å². The summed E-state index contributed by atoms with van der Waals surface area (Å²) in [6, 6.07) is 9.58. The number of rotatable bonds is 7. The van der Waals surface area contributed by atoms with E-state index in [1.54, 1.807) is 6.92 Å². The molecule has 0 aliphatic heterocycles. The van der Waals surface area contributed by atoms with E-state index in [4.69, 9.17) is 9.84 Å². The fraction of sp³-hybridized carbons (Fsp3) is 0.357. The second-order valence-electron chi connectivity index (χ2n) is 3.99. The number of benzene rings is 1. The molecule has 1 rings (SSSR count).